The fraction of sp³-hybridized carbons (Fsp3) is 0.357. The van der Waals surface area contributed by atoms with Gasteiger partial charge >= 0.3 is 0 Å². The first-order chi connectivity index (χ1) is 8.24. The molecule has 0 saturated carbocycles. The Kier molecular flexibility index (Phi) is 6.21. The van der Waals surface area contributed by atoms with E-state index in [0.717, 1.165) is 18.4 Å². The maximum atomic E-state index is 11.3. The van der Waals surface area contributed by atoms with E-state index in [1.807, 2.05) is 18.2 Å². The van der Waals surface area contributed by atoms with Gasteiger partial charge in [0.25, 0.3) is 0 Å². The predicted octanol–water partition coefficient (Wildman–Crippen LogP) is 3.00. The molecule has 0 atom stereocenters. The van der Waals surface area contributed by atoms with Gasteiger partial charge in [0.15, 0.2) is 0 Å². The monoisotopic (exact) mass is 249 g/mol. The molecule has 1 aromatic rings. The summed E-state index contributed by atoms with van der Waals surface area (Å²) in [5.74, 6) is 5.87. The van der Waals surface area contributed by atoms with Crippen molar-refractivity contribution in [1.29, 1.82) is 0 Å². The van der Waals surface area contributed by atoms with E-state index in [-0.39, 0.29) is 5.91 Å². The fourth-order valence-electron chi connectivity index (χ4n) is 1.27. The number of halogens is 1. The zero-order chi connectivity index (χ0) is 12.5. The molecule has 0 spiro atoms. The first kappa shape index (κ1) is 13.6. The van der Waals surface area contributed by atoms with Crippen LogP contribution >= 0.6 is 11.6 Å². The van der Waals surface area contributed by atoms with Crippen molar-refractivity contribution in [3.8, 4) is 11.8 Å². The van der Waals surface area contributed by atoms with Gasteiger partial charge in [-0.05, 0) is 18.6 Å². The van der Waals surface area contributed by atoms with Crippen LogP contribution in [-0.2, 0) is 4.79 Å². The number of hydrogen-bond donors (Lipinski definition) is 1. The Labute approximate surface area is 107 Å². The number of nitrogens with one attached hydrogen (secondary N) is 1. The molecule has 1 rings (SSSR count). The van der Waals surface area contributed by atoms with E-state index in [4.69, 9.17) is 11.6 Å². The topological polar surface area (TPSA) is 29.1 Å². The lowest BCUT2D eigenvalue weighted by Crippen LogP contribution is -2.22. The Morgan fingerprint density at radius 1 is 1.41 bits per heavy atom. The minimum Gasteiger partial charge on any atom is -0.345 e. The zero-order valence-electron chi connectivity index (χ0n) is 9.92. The van der Waals surface area contributed by atoms with Crippen LogP contribution in [-0.4, -0.2) is 12.5 Å². The molecule has 0 saturated heterocycles. The zero-order valence-corrected chi connectivity index (χ0v) is 10.7. The second kappa shape index (κ2) is 7.76. The van der Waals surface area contributed by atoms with Crippen molar-refractivity contribution >= 4 is 17.5 Å². The number of carbonyl (C=O) groups is 1. The molecular weight excluding hydrogens is 234 g/mol. The average molecular weight is 250 g/mol. The van der Waals surface area contributed by atoms with E-state index in [9.17, 15) is 4.79 Å². The van der Waals surface area contributed by atoms with Crippen molar-refractivity contribution in [3.05, 3.63) is 34.9 Å². The molecule has 17 heavy (non-hydrogen) atoms. The molecule has 0 aliphatic carbocycles. The third-order valence-electron chi connectivity index (χ3n) is 2.23. The molecule has 1 amide bonds. The highest BCUT2D eigenvalue weighted by atomic mass is 35.5. The van der Waals surface area contributed by atoms with Crippen LogP contribution in [0, 0.1) is 11.8 Å². The smallest absolute Gasteiger partial charge is 0.220 e. The van der Waals surface area contributed by atoms with Crippen LogP contribution in [0.4, 0.5) is 0 Å². The van der Waals surface area contributed by atoms with Gasteiger partial charge in [0.05, 0.1) is 11.6 Å². The van der Waals surface area contributed by atoms with Crippen molar-refractivity contribution < 1.29 is 4.79 Å². The highest BCUT2D eigenvalue weighted by molar-refractivity contribution is 6.31. The molecule has 0 aliphatic heterocycles. The lowest BCUT2D eigenvalue weighted by molar-refractivity contribution is -0.120. The second-order valence-corrected chi connectivity index (χ2v) is 4.07. The summed E-state index contributed by atoms with van der Waals surface area (Å²) < 4.78 is 0. The van der Waals surface area contributed by atoms with Gasteiger partial charge in [0.2, 0.25) is 5.91 Å². The van der Waals surface area contributed by atoms with Crippen LogP contribution in [0.15, 0.2) is 24.3 Å². The maximum Gasteiger partial charge on any atom is 0.220 e. The third-order valence-corrected chi connectivity index (χ3v) is 2.56. The summed E-state index contributed by atoms with van der Waals surface area (Å²) in [4.78, 5) is 11.3. The van der Waals surface area contributed by atoms with Gasteiger partial charge in [-0.3, -0.25) is 4.79 Å². The summed E-state index contributed by atoms with van der Waals surface area (Å²) in [6, 6.07) is 7.40. The summed E-state index contributed by atoms with van der Waals surface area (Å²) in [5, 5.41) is 3.39. The number of benzene rings is 1. The van der Waals surface area contributed by atoms with Crippen LogP contribution in [0.1, 0.15) is 31.7 Å². The molecule has 0 radical (unpaired) electrons. The van der Waals surface area contributed by atoms with Crippen LogP contribution < -0.4 is 5.32 Å². The second-order valence-electron chi connectivity index (χ2n) is 3.66. The number of unbranched alkanes of at least 4 members (excludes halogenated alkanes) is 1. The van der Waals surface area contributed by atoms with Gasteiger partial charge in [-0.15, -0.1) is 0 Å². The quantitative estimate of drug-likeness (QED) is 0.817. The number of rotatable bonds is 4. The molecular formula is C14H16ClNO. The van der Waals surface area contributed by atoms with Crippen molar-refractivity contribution in [2.24, 2.45) is 0 Å². The average Bonchev–Trinajstić information content (AvgIpc) is 2.34. The van der Waals surface area contributed by atoms with E-state index < -0.39 is 0 Å². The fourth-order valence-corrected chi connectivity index (χ4v) is 1.45. The molecule has 2 nitrogen and oxygen atoms in total. The number of carbonyl (C=O) groups excluding carboxylic acids is 1. The maximum absolute atomic E-state index is 11.3. The van der Waals surface area contributed by atoms with Crippen molar-refractivity contribution in [3.63, 3.8) is 0 Å². The first-order valence-corrected chi connectivity index (χ1v) is 6.12. The van der Waals surface area contributed by atoms with Gasteiger partial charge in [-0.2, -0.15) is 0 Å². The van der Waals surface area contributed by atoms with E-state index in [2.05, 4.69) is 24.1 Å². The molecule has 90 valence electrons. The molecule has 3 heteroatoms. The summed E-state index contributed by atoms with van der Waals surface area (Å²) in [7, 11) is 0. The number of hydrogen-bond acceptors (Lipinski definition) is 1. The van der Waals surface area contributed by atoms with Crippen LogP contribution in [0.25, 0.3) is 0 Å². The molecule has 1 N–H and O–H groups in total. The Bertz CT molecular complexity index is 431. The summed E-state index contributed by atoms with van der Waals surface area (Å²) >= 11 is 5.94. The SMILES string of the molecule is CCCCC(=O)NCC#Cc1ccccc1Cl. The Morgan fingerprint density at radius 3 is 2.88 bits per heavy atom. The minimum atomic E-state index is 0.0558. The molecule has 0 aromatic heterocycles. The number of amides is 1. The van der Waals surface area contributed by atoms with E-state index in [1.54, 1.807) is 6.07 Å². The van der Waals surface area contributed by atoms with E-state index in [0.29, 0.717) is 18.0 Å². The standard InChI is InChI=1S/C14H16ClNO/c1-2-3-10-14(17)16-11-6-8-12-7-4-5-9-13(12)15/h4-5,7,9H,2-3,10-11H2,1H3,(H,16,17). The summed E-state index contributed by atoms with van der Waals surface area (Å²) in [5.41, 5.74) is 0.789. The normalized spacial score (nSPS) is 9.29. The lowest BCUT2D eigenvalue weighted by atomic mass is 10.2. The molecule has 0 aliphatic rings. The highest BCUT2D eigenvalue weighted by Crippen LogP contribution is 2.12. The van der Waals surface area contributed by atoms with Crippen LogP contribution in [0.5, 0.6) is 0 Å². The van der Waals surface area contributed by atoms with E-state index in [1.165, 1.54) is 0 Å². The highest BCUT2D eigenvalue weighted by Gasteiger charge is 1.97. The third kappa shape index (κ3) is 5.42. The molecule has 1 aromatic carbocycles. The van der Waals surface area contributed by atoms with E-state index >= 15 is 0 Å². The van der Waals surface area contributed by atoms with Crippen molar-refractivity contribution in [1.82, 2.24) is 5.32 Å². The predicted molar refractivity (Wildman–Crippen MR) is 70.9 cm³/mol. The molecule has 0 bridgehead atoms. The summed E-state index contributed by atoms with van der Waals surface area (Å²) in [6.45, 7) is 2.43. The Morgan fingerprint density at radius 2 is 2.18 bits per heavy atom. The lowest BCUT2D eigenvalue weighted by Gasteiger charge is -1.99. The first-order valence-electron chi connectivity index (χ1n) is 5.74. The van der Waals surface area contributed by atoms with Crippen LogP contribution in [0.2, 0.25) is 5.02 Å². The van der Waals surface area contributed by atoms with Gasteiger partial charge in [0, 0.05) is 12.0 Å². The van der Waals surface area contributed by atoms with Crippen molar-refractivity contribution in [2.75, 3.05) is 6.54 Å². The largest absolute Gasteiger partial charge is 0.345 e. The molecule has 0 unspecified atom stereocenters. The summed E-state index contributed by atoms with van der Waals surface area (Å²) in [6.07, 6.45) is 2.52. The Balaban J connectivity index is 2.37. The molecule has 0 heterocycles. The van der Waals surface area contributed by atoms with Crippen LogP contribution in [0.3, 0.4) is 0 Å². The van der Waals surface area contributed by atoms with Crippen molar-refractivity contribution in [2.45, 2.75) is 26.2 Å². The van der Waals surface area contributed by atoms with Gasteiger partial charge in [0.1, 0.15) is 0 Å². The Hall–Kier alpha value is -1.46. The van der Waals surface area contributed by atoms with Gasteiger partial charge in [-0.1, -0.05) is 48.9 Å². The minimum absolute atomic E-state index is 0.0558. The van der Waals surface area contributed by atoms with Gasteiger partial charge < -0.3 is 5.32 Å². The van der Waals surface area contributed by atoms with Gasteiger partial charge in [-0.25, -0.2) is 0 Å². The molecule has 0 fully saturated rings.